The Kier molecular flexibility index (Phi) is 11.1. The van der Waals surface area contributed by atoms with E-state index in [1.807, 2.05) is 24.3 Å². The molecule has 15 heteroatoms. The number of nitrogens with one attached hydrogen (secondary N) is 4. The van der Waals surface area contributed by atoms with Crippen molar-refractivity contribution >= 4 is 59.0 Å². The number of amides is 5. The number of carboxylic acids is 1. The van der Waals surface area contributed by atoms with Crippen molar-refractivity contribution in [2.24, 2.45) is 17.2 Å². The molecule has 38 heavy (non-hydrogen) atoms. The molecule has 0 spiro atoms. The molecular weight excluding hydrogens is 518 g/mol. The van der Waals surface area contributed by atoms with Crippen LogP contribution < -0.4 is 33.2 Å². The number of nitrogens with two attached hydrogens (primary N) is 3. The van der Waals surface area contributed by atoms with Gasteiger partial charge in [0.1, 0.15) is 18.1 Å². The predicted molar refractivity (Wildman–Crippen MR) is 139 cm³/mol. The van der Waals surface area contributed by atoms with Gasteiger partial charge in [-0.25, -0.2) is 4.79 Å². The number of aliphatic carboxylic acids is 1. The second kappa shape index (κ2) is 14.0. The fourth-order valence-corrected chi connectivity index (χ4v) is 3.86. The summed E-state index contributed by atoms with van der Waals surface area (Å²) in [4.78, 5) is 75.2. The van der Waals surface area contributed by atoms with Crippen molar-refractivity contribution in [3.05, 3.63) is 36.0 Å². The van der Waals surface area contributed by atoms with Gasteiger partial charge in [0.15, 0.2) is 0 Å². The molecule has 0 aliphatic carbocycles. The molecule has 2 rings (SSSR count). The summed E-state index contributed by atoms with van der Waals surface area (Å²) in [6.07, 6.45) is 0.701. The average molecular weight is 550 g/mol. The van der Waals surface area contributed by atoms with Crippen LogP contribution in [0, 0.1) is 0 Å². The first-order valence-electron chi connectivity index (χ1n) is 11.5. The van der Waals surface area contributed by atoms with E-state index in [4.69, 9.17) is 17.2 Å². The van der Waals surface area contributed by atoms with Crippen molar-refractivity contribution in [2.75, 3.05) is 5.75 Å². The van der Waals surface area contributed by atoms with Crippen LogP contribution in [0.5, 0.6) is 0 Å². The van der Waals surface area contributed by atoms with E-state index < -0.39 is 66.1 Å². The van der Waals surface area contributed by atoms with Crippen LogP contribution in [0.4, 0.5) is 0 Å². The number of para-hydroxylation sites is 1. The first-order chi connectivity index (χ1) is 17.9. The number of hydrogen-bond donors (Lipinski definition) is 9. The highest BCUT2D eigenvalue weighted by Crippen LogP contribution is 2.18. The van der Waals surface area contributed by atoms with Crippen LogP contribution in [0.3, 0.4) is 0 Å². The summed E-state index contributed by atoms with van der Waals surface area (Å²) in [6.45, 7) is 0. The molecule has 1 aromatic carbocycles. The Morgan fingerprint density at radius 3 is 2.11 bits per heavy atom. The van der Waals surface area contributed by atoms with Gasteiger partial charge in [0.2, 0.25) is 29.5 Å². The van der Waals surface area contributed by atoms with Crippen LogP contribution in [0.2, 0.25) is 0 Å². The summed E-state index contributed by atoms with van der Waals surface area (Å²) in [6, 6.07) is 2.08. The predicted octanol–water partition coefficient (Wildman–Crippen LogP) is -2.35. The first kappa shape index (κ1) is 30.1. The monoisotopic (exact) mass is 549 g/mol. The smallest absolute Gasteiger partial charge is 0.326 e. The first-order valence-corrected chi connectivity index (χ1v) is 12.2. The van der Waals surface area contributed by atoms with Gasteiger partial charge in [-0.1, -0.05) is 18.2 Å². The lowest BCUT2D eigenvalue weighted by molar-refractivity contribution is -0.142. The van der Waals surface area contributed by atoms with Crippen LogP contribution in [-0.2, 0) is 35.2 Å². The fraction of sp³-hybridized carbons (Fsp3) is 0.391. The molecule has 5 amide bonds. The highest BCUT2D eigenvalue weighted by Gasteiger charge is 2.31. The van der Waals surface area contributed by atoms with Gasteiger partial charge in [0.25, 0.3) is 0 Å². The van der Waals surface area contributed by atoms with Gasteiger partial charge < -0.3 is 43.2 Å². The Bertz CT molecular complexity index is 1200. The lowest BCUT2D eigenvalue weighted by atomic mass is 10.0. The second-order valence-corrected chi connectivity index (χ2v) is 8.92. The zero-order valence-electron chi connectivity index (χ0n) is 20.3. The Morgan fingerprint density at radius 2 is 1.50 bits per heavy atom. The summed E-state index contributed by atoms with van der Waals surface area (Å²) in [5.74, 6) is -5.90. The number of thiol groups is 1. The van der Waals surface area contributed by atoms with Gasteiger partial charge in [-0.05, 0) is 24.5 Å². The van der Waals surface area contributed by atoms with Crippen molar-refractivity contribution in [1.82, 2.24) is 20.9 Å². The van der Waals surface area contributed by atoms with Gasteiger partial charge >= 0.3 is 5.97 Å². The number of carbonyl (C=O) groups is 6. The number of aromatic amines is 1. The zero-order chi connectivity index (χ0) is 28.4. The van der Waals surface area contributed by atoms with E-state index in [9.17, 15) is 33.9 Å². The molecule has 1 aromatic heterocycles. The highest BCUT2D eigenvalue weighted by molar-refractivity contribution is 7.80. The molecule has 206 valence electrons. The van der Waals surface area contributed by atoms with Crippen LogP contribution >= 0.6 is 12.6 Å². The largest absolute Gasteiger partial charge is 0.480 e. The Hall–Kier alpha value is -4.11. The zero-order valence-corrected chi connectivity index (χ0v) is 21.2. The summed E-state index contributed by atoms with van der Waals surface area (Å²) in [5.41, 5.74) is 17.9. The minimum atomic E-state index is -1.46. The van der Waals surface area contributed by atoms with Crippen LogP contribution in [0.15, 0.2) is 30.5 Å². The highest BCUT2D eigenvalue weighted by atomic mass is 32.1. The van der Waals surface area contributed by atoms with Gasteiger partial charge in [0, 0.05) is 29.3 Å². The minimum absolute atomic E-state index is 0.129. The number of fused-ring (bicyclic) bond motifs is 1. The number of primary amides is 2. The van der Waals surface area contributed by atoms with Crippen molar-refractivity contribution in [3.63, 3.8) is 0 Å². The summed E-state index contributed by atoms with van der Waals surface area (Å²) >= 11 is 4.01. The number of hydrogen-bond acceptors (Lipinski definition) is 8. The molecule has 0 aliphatic rings. The van der Waals surface area contributed by atoms with Crippen LogP contribution in [0.1, 0.15) is 24.8 Å². The maximum atomic E-state index is 12.9. The van der Waals surface area contributed by atoms with Gasteiger partial charge in [-0.3, -0.25) is 24.0 Å². The molecule has 2 aromatic rings. The third-order valence-electron chi connectivity index (χ3n) is 5.60. The molecule has 4 unspecified atom stereocenters. The average Bonchev–Trinajstić information content (AvgIpc) is 3.26. The topological polar surface area (TPSA) is 253 Å². The third-order valence-corrected chi connectivity index (χ3v) is 5.96. The van der Waals surface area contributed by atoms with E-state index >= 15 is 0 Å². The molecule has 0 bridgehead atoms. The van der Waals surface area contributed by atoms with E-state index in [1.54, 1.807) is 6.20 Å². The number of carbonyl (C=O) groups excluding carboxylic acids is 5. The summed E-state index contributed by atoms with van der Waals surface area (Å²) in [7, 11) is 0. The molecule has 4 atom stereocenters. The molecule has 0 saturated carbocycles. The third kappa shape index (κ3) is 8.77. The molecule has 14 nitrogen and oxygen atoms in total. The maximum absolute atomic E-state index is 12.9. The van der Waals surface area contributed by atoms with Crippen LogP contribution in [-0.4, -0.2) is 75.5 Å². The number of carboxylic acid groups (broad SMARTS) is 1. The van der Waals surface area contributed by atoms with Crippen LogP contribution in [0.25, 0.3) is 10.9 Å². The van der Waals surface area contributed by atoms with Gasteiger partial charge in [0.05, 0.1) is 12.5 Å². The number of rotatable bonds is 15. The molecule has 0 aliphatic heterocycles. The van der Waals surface area contributed by atoms with Crippen molar-refractivity contribution in [2.45, 2.75) is 49.9 Å². The molecule has 0 fully saturated rings. The van der Waals surface area contributed by atoms with E-state index in [0.29, 0.717) is 0 Å². The molecular formula is C23H31N7O7S. The molecule has 0 saturated heterocycles. The second-order valence-electron chi connectivity index (χ2n) is 8.55. The minimum Gasteiger partial charge on any atom is -0.480 e. The SMILES string of the molecule is NC(=O)CCC(NC(=O)C(CS)NC(=O)C(CC(N)=O)NC(=O)C(N)Cc1c[nH]c2ccccc12)C(=O)O. The Morgan fingerprint density at radius 1 is 0.895 bits per heavy atom. The summed E-state index contributed by atoms with van der Waals surface area (Å²) < 4.78 is 0. The molecule has 0 radical (unpaired) electrons. The van der Waals surface area contributed by atoms with Gasteiger partial charge in [-0.2, -0.15) is 12.6 Å². The van der Waals surface area contributed by atoms with Gasteiger partial charge in [-0.15, -0.1) is 0 Å². The van der Waals surface area contributed by atoms with Crippen molar-refractivity contribution in [1.29, 1.82) is 0 Å². The lowest BCUT2D eigenvalue weighted by Crippen LogP contribution is -2.58. The molecule has 11 N–H and O–H groups in total. The normalized spacial score (nSPS) is 14.1. The standard InChI is InChI=1S/C23H31N7O7S/c24-13(7-11-9-27-14-4-2-1-3-12(11)14)20(33)29-16(8-19(26)32)21(34)30-17(10-38)22(35)28-15(23(36)37)5-6-18(25)31/h1-4,9,13,15-17,27,38H,5-8,10,24H2,(H2,25,31)(H2,26,32)(H,28,35)(H,29,33)(H,30,34)(H,36,37). The van der Waals surface area contributed by atoms with Crippen molar-refractivity contribution in [3.8, 4) is 0 Å². The Balaban J connectivity index is 2.06. The van der Waals surface area contributed by atoms with E-state index in [0.717, 1.165) is 16.5 Å². The number of benzene rings is 1. The quantitative estimate of drug-likeness (QED) is 0.108. The van der Waals surface area contributed by atoms with Crippen molar-refractivity contribution < 1.29 is 33.9 Å². The molecule has 1 heterocycles. The fourth-order valence-electron chi connectivity index (χ4n) is 3.60. The number of H-pyrrole nitrogens is 1. The lowest BCUT2D eigenvalue weighted by Gasteiger charge is -2.24. The number of aromatic nitrogens is 1. The maximum Gasteiger partial charge on any atom is 0.326 e. The summed E-state index contributed by atoms with van der Waals surface area (Å²) in [5, 5.41) is 17.0. The Labute approximate surface area is 222 Å². The van der Waals surface area contributed by atoms with E-state index in [1.165, 1.54) is 0 Å². The van der Waals surface area contributed by atoms with E-state index in [-0.39, 0.29) is 25.0 Å². The van der Waals surface area contributed by atoms with E-state index in [2.05, 4.69) is 33.6 Å².